The molecule has 3 rings (SSSR count). The summed E-state index contributed by atoms with van der Waals surface area (Å²) in [7, 11) is 0. The van der Waals surface area contributed by atoms with Gasteiger partial charge in [-0.3, -0.25) is 4.79 Å². The zero-order valence-corrected chi connectivity index (χ0v) is 15.2. The number of carbonyl (C=O) groups is 1. The van der Waals surface area contributed by atoms with Crippen molar-refractivity contribution < 1.29 is 9.18 Å². The molecule has 0 aliphatic carbocycles. The molecule has 0 aliphatic heterocycles. The number of amides is 1. The van der Waals surface area contributed by atoms with E-state index in [0.29, 0.717) is 5.69 Å². The van der Waals surface area contributed by atoms with Gasteiger partial charge in [0.25, 0.3) is 5.91 Å². The van der Waals surface area contributed by atoms with E-state index in [0.717, 1.165) is 10.2 Å². The van der Waals surface area contributed by atoms with Crippen molar-refractivity contribution in [3.63, 3.8) is 0 Å². The average Bonchev–Trinajstić information content (AvgIpc) is 3.02. The number of benzene rings is 2. The third-order valence-electron chi connectivity index (χ3n) is 3.78. The minimum absolute atomic E-state index is 0.0709. The molecule has 8 heteroatoms. The van der Waals surface area contributed by atoms with Gasteiger partial charge < -0.3 is 5.32 Å². The molecule has 0 aliphatic rings. The van der Waals surface area contributed by atoms with Gasteiger partial charge in [0.1, 0.15) is 11.9 Å². The van der Waals surface area contributed by atoms with Crippen molar-refractivity contribution in [2.45, 2.75) is 13.0 Å². The Balaban J connectivity index is 1.87. The molecule has 1 unspecified atom stereocenters. The van der Waals surface area contributed by atoms with Crippen LogP contribution in [0.3, 0.4) is 0 Å². The summed E-state index contributed by atoms with van der Waals surface area (Å²) in [6.45, 7) is 1.69. The van der Waals surface area contributed by atoms with E-state index in [2.05, 4.69) is 31.6 Å². The number of carbonyl (C=O) groups excluding carboxylic acids is 1. The second kappa shape index (κ2) is 7.45. The first kappa shape index (κ1) is 17.8. The Morgan fingerprint density at radius 1 is 1.31 bits per heavy atom. The quantitative estimate of drug-likeness (QED) is 0.709. The number of hydrogen-bond donors (Lipinski definition) is 1. The third-order valence-corrected chi connectivity index (χ3v) is 4.28. The van der Waals surface area contributed by atoms with Gasteiger partial charge in [0.15, 0.2) is 5.69 Å². The number of hydrogen-bond acceptors (Lipinski definition) is 4. The van der Waals surface area contributed by atoms with E-state index < -0.39 is 17.8 Å². The number of rotatable bonds is 4. The van der Waals surface area contributed by atoms with Crippen LogP contribution in [0.4, 0.5) is 4.39 Å². The first-order valence-corrected chi connectivity index (χ1v) is 8.43. The van der Waals surface area contributed by atoms with E-state index in [4.69, 9.17) is 0 Å². The zero-order chi connectivity index (χ0) is 18.7. The van der Waals surface area contributed by atoms with Gasteiger partial charge in [-0.25, -0.2) is 9.07 Å². The highest BCUT2D eigenvalue weighted by molar-refractivity contribution is 9.10. The fraction of sp³-hybridized carbons (Fsp3) is 0.111. The van der Waals surface area contributed by atoms with Crippen LogP contribution in [0.15, 0.2) is 53.0 Å². The lowest BCUT2D eigenvalue weighted by Gasteiger charge is -2.12. The Labute approximate surface area is 157 Å². The number of halogens is 2. The highest BCUT2D eigenvalue weighted by atomic mass is 79.9. The summed E-state index contributed by atoms with van der Waals surface area (Å²) in [5, 5.41) is 19.7. The van der Waals surface area contributed by atoms with Crippen LogP contribution in [0.1, 0.15) is 27.8 Å². The minimum Gasteiger partial charge on any atom is -0.331 e. The summed E-state index contributed by atoms with van der Waals surface area (Å²) in [6.07, 6.45) is 0. The van der Waals surface area contributed by atoms with Crippen LogP contribution in [0.25, 0.3) is 5.69 Å². The molecule has 1 heterocycles. The van der Waals surface area contributed by atoms with Gasteiger partial charge in [0.2, 0.25) is 0 Å². The van der Waals surface area contributed by atoms with Crippen LogP contribution in [0.5, 0.6) is 0 Å². The molecular formula is C18H13BrFN5O. The molecule has 1 N–H and O–H groups in total. The lowest BCUT2D eigenvalue weighted by atomic mass is 10.1. The Bertz CT molecular complexity index is 1010. The van der Waals surface area contributed by atoms with Gasteiger partial charge in [0.05, 0.1) is 17.5 Å². The summed E-state index contributed by atoms with van der Waals surface area (Å²) >= 11 is 3.38. The molecule has 2 aromatic carbocycles. The first-order valence-electron chi connectivity index (χ1n) is 7.64. The van der Waals surface area contributed by atoms with E-state index in [1.165, 1.54) is 22.9 Å². The maximum absolute atomic E-state index is 13.9. The summed E-state index contributed by atoms with van der Waals surface area (Å²) in [5.74, 6) is -1.16. The van der Waals surface area contributed by atoms with Gasteiger partial charge >= 0.3 is 0 Å². The third kappa shape index (κ3) is 3.48. The van der Waals surface area contributed by atoms with Crippen molar-refractivity contribution in [3.05, 3.63) is 75.8 Å². The zero-order valence-electron chi connectivity index (χ0n) is 13.6. The molecule has 0 saturated carbocycles. The largest absolute Gasteiger partial charge is 0.331 e. The molecular weight excluding hydrogens is 401 g/mol. The Morgan fingerprint density at radius 2 is 2.08 bits per heavy atom. The number of nitriles is 1. The van der Waals surface area contributed by atoms with Crippen LogP contribution < -0.4 is 5.32 Å². The fourth-order valence-electron chi connectivity index (χ4n) is 2.48. The maximum atomic E-state index is 13.9. The first-order chi connectivity index (χ1) is 12.5. The summed E-state index contributed by atoms with van der Waals surface area (Å²) < 4.78 is 16.3. The number of nitrogens with one attached hydrogen (secondary N) is 1. The molecule has 0 saturated heterocycles. The summed E-state index contributed by atoms with van der Waals surface area (Å²) in [5.41, 5.74) is 1.40. The van der Waals surface area contributed by atoms with Gasteiger partial charge in [-0.15, -0.1) is 5.10 Å². The molecule has 0 bridgehead atoms. The van der Waals surface area contributed by atoms with Gasteiger partial charge in [0, 0.05) is 10.0 Å². The monoisotopic (exact) mass is 413 g/mol. The Hall–Kier alpha value is -3.05. The van der Waals surface area contributed by atoms with Crippen LogP contribution in [-0.2, 0) is 0 Å². The molecule has 3 aromatic rings. The molecule has 1 amide bonds. The van der Waals surface area contributed by atoms with Crippen molar-refractivity contribution in [2.24, 2.45) is 0 Å². The second-order valence-electron chi connectivity index (χ2n) is 5.47. The van der Waals surface area contributed by atoms with Crippen molar-refractivity contribution in [1.29, 1.82) is 5.26 Å². The number of aromatic nitrogens is 3. The van der Waals surface area contributed by atoms with Crippen molar-refractivity contribution in [3.8, 4) is 11.8 Å². The Kier molecular flexibility index (Phi) is 5.09. The van der Waals surface area contributed by atoms with E-state index >= 15 is 0 Å². The minimum atomic E-state index is -1.13. The van der Waals surface area contributed by atoms with Crippen LogP contribution in [0, 0.1) is 24.1 Å². The molecule has 1 aromatic heterocycles. The Morgan fingerprint density at radius 3 is 2.77 bits per heavy atom. The van der Waals surface area contributed by atoms with Crippen molar-refractivity contribution in [1.82, 2.24) is 20.3 Å². The standard InChI is InChI=1S/C18H13BrFN5O/c1-11-17(23-24-25(11)13-6-4-5-12(19)9-13)18(26)22-16(10-21)14-7-2-3-8-15(14)20/h2-9,16H,1H3,(H,22,26). The van der Waals surface area contributed by atoms with Crippen molar-refractivity contribution >= 4 is 21.8 Å². The fourth-order valence-corrected chi connectivity index (χ4v) is 2.87. The molecule has 6 nitrogen and oxygen atoms in total. The smallest absolute Gasteiger partial charge is 0.275 e. The topological polar surface area (TPSA) is 83.6 Å². The van der Waals surface area contributed by atoms with Gasteiger partial charge in [-0.1, -0.05) is 45.4 Å². The van der Waals surface area contributed by atoms with Crippen LogP contribution >= 0.6 is 15.9 Å². The SMILES string of the molecule is Cc1c(C(=O)NC(C#N)c2ccccc2F)nnn1-c1cccc(Br)c1. The normalized spacial score (nSPS) is 11.6. The van der Waals surface area contributed by atoms with E-state index in [-0.39, 0.29) is 11.3 Å². The number of nitrogens with zero attached hydrogens (tertiary/aromatic N) is 4. The molecule has 26 heavy (non-hydrogen) atoms. The van der Waals surface area contributed by atoms with E-state index in [1.54, 1.807) is 13.0 Å². The lowest BCUT2D eigenvalue weighted by molar-refractivity contribution is 0.0939. The van der Waals surface area contributed by atoms with Crippen LogP contribution in [0.2, 0.25) is 0 Å². The van der Waals surface area contributed by atoms with Crippen molar-refractivity contribution in [2.75, 3.05) is 0 Å². The van der Waals surface area contributed by atoms with Crippen LogP contribution in [-0.4, -0.2) is 20.9 Å². The highest BCUT2D eigenvalue weighted by Crippen LogP contribution is 2.19. The summed E-state index contributed by atoms with van der Waals surface area (Å²) in [4.78, 5) is 12.5. The lowest BCUT2D eigenvalue weighted by Crippen LogP contribution is -2.29. The predicted octanol–water partition coefficient (Wildman–Crippen LogP) is 3.47. The predicted molar refractivity (Wildman–Crippen MR) is 96.0 cm³/mol. The van der Waals surface area contributed by atoms with Gasteiger partial charge in [-0.2, -0.15) is 5.26 Å². The molecule has 0 fully saturated rings. The highest BCUT2D eigenvalue weighted by Gasteiger charge is 2.22. The molecule has 130 valence electrons. The van der Waals surface area contributed by atoms with E-state index in [9.17, 15) is 14.4 Å². The molecule has 1 atom stereocenters. The van der Waals surface area contributed by atoms with E-state index in [1.807, 2.05) is 30.3 Å². The average molecular weight is 414 g/mol. The molecule has 0 spiro atoms. The van der Waals surface area contributed by atoms with Gasteiger partial charge in [-0.05, 0) is 31.2 Å². The molecule has 0 radical (unpaired) electrons. The maximum Gasteiger partial charge on any atom is 0.275 e. The summed E-state index contributed by atoms with van der Waals surface area (Å²) in [6, 6.07) is 13.9. The second-order valence-corrected chi connectivity index (χ2v) is 6.39.